The molecular weight excluding hydrogens is 949 g/mol. The maximum atomic E-state index is 6.65. The zero-order valence-electron chi connectivity index (χ0n) is 40.6. The molecule has 0 radical (unpaired) electrons. The van der Waals surface area contributed by atoms with Gasteiger partial charge in [0, 0.05) is 80.4 Å². The molecule has 0 unspecified atom stereocenters. The Bertz CT molecular complexity index is 5010. The van der Waals surface area contributed by atoms with Crippen molar-refractivity contribution in [2.45, 2.75) is 0 Å². The highest BCUT2D eigenvalue weighted by Crippen LogP contribution is 2.45. The number of hydrogen-bond acceptors (Lipinski definition) is 6. The maximum absolute atomic E-state index is 6.65. The molecule has 0 saturated heterocycles. The second-order valence-corrected chi connectivity index (χ2v) is 20.5. The Labute approximate surface area is 439 Å². The smallest absolute Gasteiger partial charge is 0.164 e. The van der Waals surface area contributed by atoms with Gasteiger partial charge in [-0.3, -0.25) is 0 Å². The van der Waals surface area contributed by atoms with Crippen molar-refractivity contribution in [3.8, 4) is 73.2 Å². The summed E-state index contributed by atoms with van der Waals surface area (Å²) in [6.45, 7) is 0. The van der Waals surface area contributed by atoms with Gasteiger partial charge in [0.2, 0.25) is 0 Å². The Hall–Kier alpha value is -9.95. The van der Waals surface area contributed by atoms with Gasteiger partial charge in [-0.05, 0) is 94.5 Å². The largest absolute Gasteiger partial charge is 0.456 e. The number of rotatable bonds is 7. The molecule has 0 saturated carbocycles. The van der Waals surface area contributed by atoms with Gasteiger partial charge in [0.15, 0.2) is 17.5 Å². The molecule has 0 aliphatic rings. The molecule has 354 valence electrons. The monoisotopic (exact) mass is 988 g/mol. The second kappa shape index (κ2) is 16.8. The molecule has 76 heavy (non-hydrogen) atoms. The van der Waals surface area contributed by atoms with Crippen molar-refractivity contribution in [1.29, 1.82) is 0 Å². The average Bonchev–Trinajstić information content (AvgIpc) is 4.26. The SMILES string of the molecule is c1ccc(-c2nc(-c3ccccc3-c3cccc4sc5ccccc5c34)nc(-c3cccc4oc5ccc(-c6ccc7c(c6)c6ccccc6n7-c6ccc(-c7cccc8c7oc7ccccc78)cc6)cc5c34)n2)cc1. The van der Waals surface area contributed by atoms with Gasteiger partial charge < -0.3 is 13.4 Å². The van der Waals surface area contributed by atoms with Crippen LogP contribution in [0.4, 0.5) is 0 Å². The van der Waals surface area contributed by atoms with E-state index in [-0.39, 0.29) is 0 Å². The zero-order valence-corrected chi connectivity index (χ0v) is 41.4. The first-order chi connectivity index (χ1) is 37.7. The van der Waals surface area contributed by atoms with E-state index >= 15 is 0 Å². The van der Waals surface area contributed by atoms with Crippen molar-refractivity contribution in [2.75, 3.05) is 0 Å². The van der Waals surface area contributed by atoms with Crippen molar-refractivity contribution >= 4 is 97.2 Å². The van der Waals surface area contributed by atoms with Crippen LogP contribution in [-0.2, 0) is 0 Å². The Morgan fingerprint density at radius 2 is 0.882 bits per heavy atom. The second-order valence-electron chi connectivity index (χ2n) is 19.4. The summed E-state index contributed by atoms with van der Waals surface area (Å²) in [5.41, 5.74) is 16.0. The van der Waals surface area contributed by atoms with Crippen molar-refractivity contribution in [3.05, 3.63) is 243 Å². The van der Waals surface area contributed by atoms with Crippen LogP contribution in [0.25, 0.3) is 159 Å². The van der Waals surface area contributed by atoms with E-state index in [2.05, 4.69) is 205 Å². The molecule has 7 heteroatoms. The molecule has 0 amide bonds. The van der Waals surface area contributed by atoms with Gasteiger partial charge in [-0.15, -0.1) is 11.3 Å². The van der Waals surface area contributed by atoms with Crippen molar-refractivity contribution < 1.29 is 8.83 Å². The minimum atomic E-state index is 0.574. The molecule has 6 nitrogen and oxygen atoms in total. The van der Waals surface area contributed by atoms with Gasteiger partial charge in [-0.2, -0.15) is 0 Å². The first-order valence-corrected chi connectivity index (χ1v) is 26.3. The molecular formula is C69H40N4O2S. The molecule has 5 heterocycles. The normalized spacial score (nSPS) is 11.9. The Morgan fingerprint density at radius 1 is 0.303 bits per heavy atom. The fraction of sp³-hybridized carbons (Fsp3) is 0. The van der Waals surface area contributed by atoms with Gasteiger partial charge in [-0.1, -0.05) is 176 Å². The molecule has 5 aromatic heterocycles. The standard InChI is InChI=1S/C69H40N4O2S/c1-2-15-42(16-3-1)67-70-68(52-20-5-4-17-47(52)50-23-14-30-63-65(50)53-21-8-11-29-62(53)76-63)72-69(71-67)54-25-13-28-61-64(54)56-40-44(34-38-60(56)74-61)43-33-37-58-55(39-43)48-18-6-9-26-57(48)73(58)45-35-31-41(32-36-45)46-22-12-24-51-49-19-7-10-27-59(49)75-66(46)51/h1-40H. The quantitative estimate of drug-likeness (QED) is 0.159. The molecule has 11 aromatic carbocycles. The van der Waals surface area contributed by atoms with E-state index in [1.54, 1.807) is 0 Å². The van der Waals surface area contributed by atoms with Crippen LogP contribution >= 0.6 is 11.3 Å². The molecule has 0 fully saturated rings. The number of hydrogen-bond donors (Lipinski definition) is 0. The lowest BCUT2D eigenvalue weighted by molar-refractivity contribution is 0.669. The summed E-state index contributed by atoms with van der Waals surface area (Å²) in [6, 6.07) is 85.6. The molecule has 0 bridgehead atoms. The molecule has 0 N–H and O–H groups in total. The third-order valence-corrected chi connectivity index (χ3v) is 16.2. The third-order valence-electron chi connectivity index (χ3n) is 15.1. The van der Waals surface area contributed by atoms with E-state index in [0.717, 1.165) is 111 Å². The first kappa shape index (κ1) is 42.5. The lowest BCUT2D eigenvalue weighted by atomic mass is 9.95. The Morgan fingerprint density at radius 3 is 1.76 bits per heavy atom. The number of aromatic nitrogens is 4. The van der Waals surface area contributed by atoms with E-state index in [4.69, 9.17) is 23.8 Å². The summed E-state index contributed by atoms with van der Waals surface area (Å²) in [5, 5.41) is 9.05. The van der Waals surface area contributed by atoms with Crippen LogP contribution in [0.2, 0.25) is 0 Å². The summed E-state index contributed by atoms with van der Waals surface area (Å²) in [4.78, 5) is 15.9. The van der Waals surface area contributed by atoms with Crippen LogP contribution in [-0.4, -0.2) is 19.5 Å². The minimum absolute atomic E-state index is 0.574. The lowest BCUT2D eigenvalue weighted by Crippen LogP contribution is -2.01. The highest BCUT2D eigenvalue weighted by atomic mass is 32.1. The zero-order chi connectivity index (χ0) is 49.8. The van der Waals surface area contributed by atoms with Crippen LogP contribution in [0.5, 0.6) is 0 Å². The summed E-state index contributed by atoms with van der Waals surface area (Å²) >= 11 is 1.82. The highest BCUT2D eigenvalue weighted by Gasteiger charge is 2.22. The number of fused-ring (bicyclic) bond motifs is 12. The van der Waals surface area contributed by atoms with E-state index in [0.29, 0.717) is 17.5 Å². The highest BCUT2D eigenvalue weighted by molar-refractivity contribution is 7.26. The van der Waals surface area contributed by atoms with Gasteiger partial charge in [-0.25, -0.2) is 15.0 Å². The lowest BCUT2D eigenvalue weighted by Gasteiger charge is -2.13. The van der Waals surface area contributed by atoms with Gasteiger partial charge in [0.25, 0.3) is 0 Å². The topological polar surface area (TPSA) is 69.9 Å². The number of furan rings is 2. The fourth-order valence-electron chi connectivity index (χ4n) is 11.6. The van der Waals surface area contributed by atoms with Gasteiger partial charge >= 0.3 is 0 Å². The van der Waals surface area contributed by atoms with Crippen molar-refractivity contribution in [2.24, 2.45) is 0 Å². The van der Waals surface area contributed by atoms with Crippen LogP contribution < -0.4 is 0 Å². The van der Waals surface area contributed by atoms with E-state index in [1.165, 1.54) is 30.9 Å². The summed E-state index contributed by atoms with van der Waals surface area (Å²) in [7, 11) is 0. The van der Waals surface area contributed by atoms with Gasteiger partial charge in [0.1, 0.15) is 22.3 Å². The Balaban J connectivity index is 0.817. The van der Waals surface area contributed by atoms with Crippen molar-refractivity contribution in [3.63, 3.8) is 0 Å². The Kier molecular flexibility index (Phi) is 9.40. The van der Waals surface area contributed by atoms with Crippen molar-refractivity contribution in [1.82, 2.24) is 19.5 Å². The first-order valence-electron chi connectivity index (χ1n) is 25.5. The van der Waals surface area contributed by atoms with Crippen LogP contribution in [0.1, 0.15) is 0 Å². The van der Waals surface area contributed by atoms with Crippen LogP contribution in [0.15, 0.2) is 251 Å². The predicted octanol–water partition coefficient (Wildman–Crippen LogP) is 19.1. The van der Waals surface area contributed by atoms with E-state index in [9.17, 15) is 0 Å². The molecule has 0 atom stereocenters. The van der Waals surface area contributed by atoms with E-state index in [1.807, 2.05) is 53.8 Å². The maximum Gasteiger partial charge on any atom is 0.164 e. The van der Waals surface area contributed by atoms with Crippen LogP contribution in [0, 0.1) is 0 Å². The fourth-order valence-corrected chi connectivity index (χ4v) is 12.8. The third kappa shape index (κ3) is 6.62. The minimum Gasteiger partial charge on any atom is -0.456 e. The van der Waals surface area contributed by atoms with Crippen LogP contribution in [0.3, 0.4) is 0 Å². The predicted molar refractivity (Wildman–Crippen MR) is 314 cm³/mol. The molecule has 0 aliphatic heterocycles. The average molecular weight is 989 g/mol. The number of para-hydroxylation sites is 3. The summed E-state index contributed by atoms with van der Waals surface area (Å²) < 4.78 is 18.0. The molecule has 0 aliphatic carbocycles. The molecule has 16 rings (SSSR count). The van der Waals surface area contributed by atoms with E-state index < -0.39 is 0 Å². The molecule has 0 spiro atoms. The summed E-state index contributed by atoms with van der Waals surface area (Å²) in [6.07, 6.45) is 0. The number of benzene rings is 11. The number of thiophene rings is 1. The number of nitrogens with zero attached hydrogens (tertiary/aromatic N) is 4. The summed E-state index contributed by atoms with van der Waals surface area (Å²) in [5.74, 6) is 1.78. The molecule has 16 aromatic rings. The van der Waals surface area contributed by atoms with Gasteiger partial charge in [0.05, 0.1) is 11.0 Å².